The molecule has 0 amide bonds. The van der Waals surface area contributed by atoms with Gasteiger partial charge < -0.3 is 9.73 Å². The maximum Gasteiger partial charge on any atom is 0.143 e. The maximum absolute atomic E-state index is 6.49. The Hall–Kier alpha value is -5.79. The van der Waals surface area contributed by atoms with Crippen LogP contribution in [0.2, 0.25) is 0 Å². The predicted octanol–water partition coefficient (Wildman–Crippen LogP) is 12.3. The molecule has 10 aromatic rings. The lowest BCUT2D eigenvalue weighted by Gasteiger charge is -2.32. The standard InChI is InChI=1S/C45H29N3OS2/c1-2-11-26(12-3-1)43-46-44(48-45(47-43)35-19-9-18-33-29-14-5-7-21-37(29)51-42(33)35)27-23-24-34-39(25-27)50-38-22-10-15-30(40(34)38)32-17-8-16-31-28-13-4-6-20-36(28)49-41(31)32/h1-25,43,45,47H,(H,46,48). The number of hydrogen-bond acceptors (Lipinski definition) is 6. The SMILES string of the molecule is c1ccc(C2N=C(c3ccc4c(c3)sc3cccc(-c5cccc6c5oc5ccccc56)c34)NC(c3cccc4c3sc3ccccc34)N2)cc1. The number of nitrogens with one attached hydrogen (secondary N) is 2. The van der Waals surface area contributed by atoms with E-state index in [2.05, 4.69) is 156 Å². The first-order valence-electron chi connectivity index (χ1n) is 17.2. The van der Waals surface area contributed by atoms with Crippen LogP contribution in [0.3, 0.4) is 0 Å². The first-order chi connectivity index (χ1) is 25.3. The van der Waals surface area contributed by atoms with Gasteiger partial charge in [0.05, 0.1) is 0 Å². The summed E-state index contributed by atoms with van der Waals surface area (Å²) >= 11 is 3.69. The summed E-state index contributed by atoms with van der Waals surface area (Å²) in [4.78, 5) is 5.29. The summed E-state index contributed by atoms with van der Waals surface area (Å²) < 4.78 is 11.6. The minimum Gasteiger partial charge on any atom is -0.455 e. The molecule has 0 saturated carbocycles. The van der Waals surface area contributed by atoms with E-state index in [0.29, 0.717) is 0 Å². The molecule has 0 radical (unpaired) electrons. The molecule has 0 bridgehead atoms. The van der Waals surface area contributed by atoms with E-state index >= 15 is 0 Å². The molecule has 0 saturated heterocycles. The quantitative estimate of drug-likeness (QED) is 0.193. The lowest BCUT2D eigenvalue weighted by molar-refractivity contribution is 0.411. The Labute approximate surface area is 301 Å². The third kappa shape index (κ3) is 4.58. The van der Waals surface area contributed by atoms with Crippen LogP contribution in [0.5, 0.6) is 0 Å². The molecule has 0 aliphatic carbocycles. The highest BCUT2D eigenvalue weighted by Gasteiger charge is 2.28. The number of aliphatic imine (C=N–C) groups is 1. The highest BCUT2D eigenvalue weighted by Crippen LogP contribution is 2.44. The van der Waals surface area contributed by atoms with Gasteiger partial charge in [-0.25, -0.2) is 4.99 Å². The molecule has 11 rings (SSSR count). The molecule has 0 fully saturated rings. The molecule has 2 N–H and O–H groups in total. The summed E-state index contributed by atoms with van der Waals surface area (Å²) in [5.41, 5.74) is 7.60. The largest absolute Gasteiger partial charge is 0.455 e. The van der Waals surface area contributed by atoms with Crippen LogP contribution in [0.4, 0.5) is 0 Å². The van der Waals surface area contributed by atoms with Crippen LogP contribution >= 0.6 is 22.7 Å². The van der Waals surface area contributed by atoms with Crippen molar-refractivity contribution >= 4 is 90.8 Å². The van der Waals surface area contributed by atoms with Gasteiger partial charge in [0.2, 0.25) is 0 Å². The van der Waals surface area contributed by atoms with Gasteiger partial charge >= 0.3 is 0 Å². The minimum absolute atomic E-state index is 0.131. The van der Waals surface area contributed by atoms with E-state index in [1.807, 2.05) is 28.7 Å². The third-order valence-electron chi connectivity index (χ3n) is 10.2. The second-order valence-electron chi connectivity index (χ2n) is 13.1. The molecule has 51 heavy (non-hydrogen) atoms. The van der Waals surface area contributed by atoms with E-state index in [9.17, 15) is 0 Å². The van der Waals surface area contributed by atoms with E-state index in [1.54, 1.807) is 0 Å². The Morgan fingerprint density at radius 1 is 0.549 bits per heavy atom. The van der Waals surface area contributed by atoms with Gasteiger partial charge in [0.1, 0.15) is 29.3 Å². The van der Waals surface area contributed by atoms with Gasteiger partial charge in [-0.1, -0.05) is 127 Å². The first kappa shape index (κ1) is 29.0. The molecule has 2 unspecified atom stereocenters. The van der Waals surface area contributed by atoms with Gasteiger partial charge in [-0.05, 0) is 35.4 Å². The van der Waals surface area contributed by atoms with Gasteiger partial charge in [-0.3, -0.25) is 5.32 Å². The number of hydrogen-bond donors (Lipinski definition) is 2. The van der Waals surface area contributed by atoms with E-state index < -0.39 is 0 Å². The number of fused-ring (bicyclic) bond motifs is 9. The van der Waals surface area contributed by atoms with E-state index in [0.717, 1.165) is 44.5 Å². The van der Waals surface area contributed by atoms with Gasteiger partial charge in [0.15, 0.2) is 0 Å². The number of rotatable bonds is 4. The van der Waals surface area contributed by atoms with Crippen LogP contribution in [0, 0.1) is 0 Å². The molecule has 2 atom stereocenters. The van der Waals surface area contributed by atoms with Crippen molar-refractivity contribution in [2.75, 3.05) is 0 Å². The second-order valence-corrected chi connectivity index (χ2v) is 15.3. The zero-order chi connectivity index (χ0) is 33.5. The molecule has 4 heterocycles. The Morgan fingerprint density at radius 3 is 2.24 bits per heavy atom. The maximum atomic E-state index is 6.49. The summed E-state index contributed by atoms with van der Waals surface area (Å²) in [6.45, 7) is 0. The van der Waals surface area contributed by atoms with Crippen molar-refractivity contribution in [3.05, 3.63) is 168 Å². The van der Waals surface area contributed by atoms with Gasteiger partial charge in [-0.2, -0.15) is 0 Å². The molecule has 0 spiro atoms. The van der Waals surface area contributed by atoms with Crippen LogP contribution in [-0.2, 0) is 0 Å². The summed E-state index contributed by atoms with van der Waals surface area (Å²) in [5.74, 6) is 0.886. The minimum atomic E-state index is -0.203. The molecule has 1 aliphatic rings. The van der Waals surface area contributed by atoms with Gasteiger partial charge in [-0.15, -0.1) is 22.7 Å². The number of amidine groups is 1. The van der Waals surface area contributed by atoms with Crippen LogP contribution < -0.4 is 10.6 Å². The fraction of sp³-hybridized carbons (Fsp3) is 0.0444. The van der Waals surface area contributed by atoms with Crippen molar-refractivity contribution in [1.82, 2.24) is 10.6 Å². The molecular weight excluding hydrogens is 663 g/mol. The normalized spacial score (nSPS) is 16.4. The van der Waals surface area contributed by atoms with Crippen molar-refractivity contribution in [1.29, 1.82) is 0 Å². The topological polar surface area (TPSA) is 49.6 Å². The Morgan fingerprint density at radius 2 is 1.29 bits per heavy atom. The monoisotopic (exact) mass is 691 g/mol. The molecule has 242 valence electrons. The second kappa shape index (κ2) is 11.4. The lowest BCUT2D eigenvalue weighted by Crippen LogP contribution is -2.45. The zero-order valence-corrected chi connectivity index (χ0v) is 28.9. The van der Waals surface area contributed by atoms with Crippen LogP contribution in [0.25, 0.3) is 73.4 Å². The van der Waals surface area contributed by atoms with E-state index in [4.69, 9.17) is 9.41 Å². The number of para-hydroxylation sites is 2. The number of nitrogens with zero attached hydrogens (tertiary/aromatic N) is 1. The summed E-state index contributed by atoms with van der Waals surface area (Å²) in [6, 6.07) is 54.1. The zero-order valence-electron chi connectivity index (χ0n) is 27.3. The Balaban J connectivity index is 1.05. The van der Waals surface area contributed by atoms with Crippen molar-refractivity contribution < 1.29 is 4.42 Å². The predicted molar refractivity (Wildman–Crippen MR) is 216 cm³/mol. The molecule has 3 aromatic heterocycles. The Bertz CT molecular complexity index is 3010. The average molecular weight is 692 g/mol. The summed E-state index contributed by atoms with van der Waals surface area (Å²) in [6.07, 6.45) is -0.334. The average Bonchev–Trinajstić information content (AvgIpc) is 3.89. The molecular formula is C45H29N3OS2. The van der Waals surface area contributed by atoms with Crippen molar-refractivity contribution in [2.24, 2.45) is 4.99 Å². The molecule has 6 heteroatoms. The fourth-order valence-corrected chi connectivity index (χ4v) is 10.2. The van der Waals surface area contributed by atoms with Crippen LogP contribution in [-0.4, -0.2) is 5.84 Å². The van der Waals surface area contributed by atoms with Gasteiger partial charge in [0, 0.05) is 67.8 Å². The van der Waals surface area contributed by atoms with Crippen molar-refractivity contribution in [3.8, 4) is 11.1 Å². The van der Waals surface area contributed by atoms with Crippen molar-refractivity contribution in [2.45, 2.75) is 12.3 Å². The van der Waals surface area contributed by atoms with E-state index in [1.165, 1.54) is 51.5 Å². The van der Waals surface area contributed by atoms with Crippen LogP contribution in [0.15, 0.2) is 161 Å². The number of thiophene rings is 2. The van der Waals surface area contributed by atoms with Crippen LogP contribution in [0.1, 0.15) is 29.0 Å². The van der Waals surface area contributed by atoms with Crippen molar-refractivity contribution in [3.63, 3.8) is 0 Å². The molecule has 7 aromatic carbocycles. The fourth-order valence-electron chi connectivity index (χ4n) is 7.82. The number of benzene rings is 7. The molecule has 4 nitrogen and oxygen atoms in total. The Kier molecular flexibility index (Phi) is 6.46. The summed E-state index contributed by atoms with van der Waals surface area (Å²) in [5, 5.41) is 15.0. The first-order valence-corrected chi connectivity index (χ1v) is 18.8. The third-order valence-corrected chi connectivity index (χ3v) is 12.5. The van der Waals surface area contributed by atoms with Gasteiger partial charge in [0.25, 0.3) is 0 Å². The van der Waals surface area contributed by atoms with E-state index in [-0.39, 0.29) is 12.3 Å². The lowest BCUT2D eigenvalue weighted by atomic mass is 9.97. The highest BCUT2D eigenvalue weighted by molar-refractivity contribution is 7.26. The highest BCUT2D eigenvalue weighted by atomic mass is 32.1. The number of furan rings is 1. The summed E-state index contributed by atoms with van der Waals surface area (Å²) in [7, 11) is 0. The molecule has 1 aliphatic heterocycles. The smallest absolute Gasteiger partial charge is 0.143 e.